The van der Waals surface area contributed by atoms with E-state index >= 15 is 0 Å². The predicted octanol–water partition coefficient (Wildman–Crippen LogP) is 5.65. The molecule has 4 rings (SSSR count). The van der Waals surface area contributed by atoms with E-state index < -0.39 is 23.3 Å². The third-order valence-corrected chi connectivity index (χ3v) is 7.21. The summed E-state index contributed by atoms with van der Waals surface area (Å²) < 4.78 is 0. The molecule has 6 nitrogen and oxygen atoms in total. The molecular weight excluding hydrogens is 490 g/mol. The summed E-state index contributed by atoms with van der Waals surface area (Å²) >= 11 is 0. The lowest BCUT2D eigenvalue weighted by Gasteiger charge is -2.34. The van der Waals surface area contributed by atoms with Crippen LogP contribution in [0.15, 0.2) is 115 Å². The van der Waals surface area contributed by atoms with Gasteiger partial charge in [-0.1, -0.05) is 109 Å². The Morgan fingerprint density at radius 3 is 1.95 bits per heavy atom. The highest BCUT2D eigenvalue weighted by Crippen LogP contribution is 2.40. The van der Waals surface area contributed by atoms with Crippen LogP contribution in [0, 0.1) is 5.92 Å². The van der Waals surface area contributed by atoms with Gasteiger partial charge in [0.1, 0.15) is 5.41 Å². The van der Waals surface area contributed by atoms with Gasteiger partial charge in [-0.25, -0.2) is 0 Å². The van der Waals surface area contributed by atoms with Gasteiger partial charge in [0.05, 0.1) is 12.3 Å². The van der Waals surface area contributed by atoms with Crippen LogP contribution in [0.3, 0.4) is 0 Å². The highest BCUT2D eigenvalue weighted by atomic mass is 16.4. The third-order valence-electron chi connectivity index (χ3n) is 7.21. The molecule has 0 radical (unpaired) electrons. The van der Waals surface area contributed by atoms with E-state index in [1.54, 1.807) is 41.3 Å². The number of unbranched alkanes of at least 4 members (excludes halogenated alkanes) is 1. The smallest absolute Gasteiger partial charge is 0.319 e. The molecule has 2 unspecified atom stereocenters. The molecular formula is C33H33NO5. The van der Waals surface area contributed by atoms with Crippen molar-refractivity contribution in [1.29, 1.82) is 0 Å². The third kappa shape index (κ3) is 6.71. The summed E-state index contributed by atoms with van der Waals surface area (Å²) in [7, 11) is 0. The molecule has 1 aliphatic rings. The van der Waals surface area contributed by atoms with Crippen LogP contribution in [-0.2, 0) is 32.8 Å². The number of benzene rings is 3. The monoisotopic (exact) mass is 523 g/mol. The minimum Gasteiger partial charge on any atom is -0.481 e. The van der Waals surface area contributed by atoms with Crippen molar-refractivity contribution in [2.75, 3.05) is 6.54 Å². The number of carbonyl (C=O) groups excluding carboxylic acids is 1. The second kappa shape index (κ2) is 12.9. The van der Waals surface area contributed by atoms with Crippen LogP contribution < -0.4 is 0 Å². The zero-order valence-electron chi connectivity index (χ0n) is 21.8. The number of carbonyl (C=O) groups is 3. The number of hydrogen-bond acceptors (Lipinski definition) is 3. The topological polar surface area (TPSA) is 94.9 Å². The first-order valence-corrected chi connectivity index (χ1v) is 13.2. The van der Waals surface area contributed by atoms with Crippen molar-refractivity contribution >= 4 is 17.8 Å². The first kappa shape index (κ1) is 27.6. The molecule has 39 heavy (non-hydrogen) atoms. The summed E-state index contributed by atoms with van der Waals surface area (Å²) in [4.78, 5) is 40.1. The molecule has 3 aromatic rings. The number of amides is 1. The lowest BCUT2D eigenvalue weighted by atomic mass is 9.67. The molecule has 0 bridgehead atoms. The molecule has 0 saturated carbocycles. The minimum absolute atomic E-state index is 0.00368. The zero-order valence-corrected chi connectivity index (χ0v) is 21.8. The van der Waals surface area contributed by atoms with Crippen LogP contribution in [0.1, 0.15) is 36.0 Å². The van der Waals surface area contributed by atoms with E-state index in [0.717, 1.165) is 24.8 Å². The normalized spacial score (nSPS) is 18.3. The number of aryl methyl sites for hydroxylation is 1. The standard InChI is InChI=1S/C33H33NO5/c35-30(34(24-26-15-6-2-7-16-26)21-11-10-14-25-12-4-1-5-13-25)23-27-19-20-33(32(38)39,29(22-27)31(36)37)28-17-8-3-9-18-28/h1-9,12-13,15-20,22,29H,10-11,14,21,23-24H2,(H,36,37)(H,38,39). The first-order valence-electron chi connectivity index (χ1n) is 13.2. The van der Waals surface area contributed by atoms with Crippen LogP contribution in [0.4, 0.5) is 0 Å². The SMILES string of the molecule is O=C(O)C1C=C(CC(=O)N(CCCCc2ccccc2)Cc2ccccc2)C=CC1(C(=O)O)c1ccccc1. The fraction of sp³-hybridized carbons (Fsp3) is 0.242. The lowest BCUT2D eigenvalue weighted by molar-refractivity contribution is -0.152. The fourth-order valence-electron chi connectivity index (χ4n) is 5.10. The average Bonchev–Trinajstić information content (AvgIpc) is 2.96. The molecule has 2 N–H and O–H groups in total. The molecule has 6 heteroatoms. The van der Waals surface area contributed by atoms with Gasteiger partial charge in [0.15, 0.2) is 0 Å². The van der Waals surface area contributed by atoms with Crippen molar-refractivity contribution in [2.24, 2.45) is 5.92 Å². The molecule has 0 aromatic heterocycles. The maximum atomic E-state index is 13.5. The second-order valence-corrected chi connectivity index (χ2v) is 9.85. The van der Waals surface area contributed by atoms with Gasteiger partial charge < -0.3 is 15.1 Å². The maximum absolute atomic E-state index is 13.5. The summed E-state index contributed by atoms with van der Waals surface area (Å²) in [6, 6.07) is 28.4. The van der Waals surface area contributed by atoms with E-state index in [1.807, 2.05) is 48.5 Å². The van der Waals surface area contributed by atoms with Crippen LogP contribution in [-0.4, -0.2) is 39.5 Å². The number of carboxylic acid groups (broad SMARTS) is 2. The molecule has 0 fully saturated rings. The number of nitrogens with zero attached hydrogens (tertiary/aromatic N) is 1. The first-order chi connectivity index (χ1) is 18.9. The van der Waals surface area contributed by atoms with Gasteiger partial charge in [0.2, 0.25) is 5.91 Å². The van der Waals surface area contributed by atoms with Gasteiger partial charge in [-0.05, 0) is 41.5 Å². The summed E-state index contributed by atoms with van der Waals surface area (Å²) in [5.74, 6) is -3.97. The molecule has 200 valence electrons. The van der Waals surface area contributed by atoms with E-state index in [2.05, 4.69) is 12.1 Å². The Morgan fingerprint density at radius 2 is 1.36 bits per heavy atom. The number of allylic oxidation sites excluding steroid dienone is 1. The zero-order chi connectivity index (χ0) is 27.7. The van der Waals surface area contributed by atoms with Crippen molar-refractivity contribution in [3.63, 3.8) is 0 Å². The molecule has 1 amide bonds. The molecule has 0 heterocycles. The van der Waals surface area contributed by atoms with Crippen molar-refractivity contribution in [3.05, 3.63) is 131 Å². The largest absolute Gasteiger partial charge is 0.481 e. The molecule has 3 aromatic carbocycles. The lowest BCUT2D eigenvalue weighted by Crippen LogP contribution is -2.45. The average molecular weight is 524 g/mol. The Bertz CT molecular complexity index is 1330. The van der Waals surface area contributed by atoms with Crippen molar-refractivity contribution in [1.82, 2.24) is 4.90 Å². The Hall–Kier alpha value is -4.45. The number of aliphatic carboxylic acids is 2. The van der Waals surface area contributed by atoms with Crippen molar-refractivity contribution in [2.45, 2.75) is 37.6 Å². The van der Waals surface area contributed by atoms with E-state index in [-0.39, 0.29) is 12.3 Å². The van der Waals surface area contributed by atoms with Crippen LogP contribution >= 0.6 is 0 Å². The van der Waals surface area contributed by atoms with Gasteiger partial charge in [-0.2, -0.15) is 0 Å². The Morgan fingerprint density at radius 1 is 0.769 bits per heavy atom. The Balaban J connectivity index is 1.50. The van der Waals surface area contributed by atoms with Gasteiger partial charge in [-0.3, -0.25) is 14.4 Å². The van der Waals surface area contributed by atoms with E-state index in [9.17, 15) is 24.6 Å². The summed E-state index contributed by atoms with van der Waals surface area (Å²) in [6.45, 7) is 1.02. The van der Waals surface area contributed by atoms with Crippen LogP contribution in [0.2, 0.25) is 0 Å². The molecule has 0 aliphatic heterocycles. The maximum Gasteiger partial charge on any atom is 0.319 e. The van der Waals surface area contributed by atoms with Gasteiger partial charge in [-0.15, -0.1) is 0 Å². The highest BCUT2D eigenvalue weighted by molar-refractivity contribution is 5.93. The fourth-order valence-corrected chi connectivity index (χ4v) is 5.10. The molecule has 0 saturated heterocycles. The molecule has 1 aliphatic carbocycles. The number of rotatable bonds is 12. The quantitative estimate of drug-likeness (QED) is 0.299. The summed E-state index contributed by atoms with van der Waals surface area (Å²) in [5, 5.41) is 20.2. The highest BCUT2D eigenvalue weighted by Gasteiger charge is 2.49. The minimum atomic E-state index is -1.75. The predicted molar refractivity (Wildman–Crippen MR) is 150 cm³/mol. The Labute approximate surface area is 228 Å². The van der Waals surface area contributed by atoms with Gasteiger partial charge >= 0.3 is 11.9 Å². The van der Waals surface area contributed by atoms with Gasteiger partial charge in [0.25, 0.3) is 0 Å². The second-order valence-electron chi connectivity index (χ2n) is 9.85. The van der Waals surface area contributed by atoms with E-state index in [4.69, 9.17) is 0 Å². The summed E-state index contributed by atoms with van der Waals surface area (Å²) in [5.41, 5.74) is 1.41. The van der Waals surface area contributed by atoms with Gasteiger partial charge in [0, 0.05) is 13.1 Å². The van der Waals surface area contributed by atoms with Crippen molar-refractivity contribution < 1.29 is 24.6 Å². The van der Waals surface area contributed by atoms with Crippen LogP contribution in [0.25, 0.3) is 0 Å². The van der Waals surface area contributed by atoms with E-state index in [1.165, 1.54) is 17.7 Å². The van der Waals surface area contributed by atoms with Crippen molar-refractivity contribution in [3.8, 4) is 0 Å². The Kier molecular flexibility index (Phi) is 9.10. The number of carboxylic acids is 2. The van der Waals surface area contributed by atoms with Crippen LogP contribution in [0.5, 0.6) is 0 Å². The van der Waals surface area contributed by atoms with E-state index in [0.29, 0.717) is 24.2 Å². The number of hydrogen-bond donors (Lipinski definition) is 2. The molecule has 2 atom stereocenters. The summed E-state index contributed by atoms with van der Waals surface area (Å²) in [6.07, 6.45) is 7.13. The molecule has 0 spiro atoms.